The van der Waals surface area contributed by atoms with E-state index in [0.29, 0.717) is 0 Å². The Morgan fingerprint density at radius 1 is 1.47 bits per heavy atom. The molecule has 0 saturated heterocycles. The van der Waals surface area contributed by atoms with Gasteiger partial charge < -0.3 is 5.73 Å². The smallest absolute Gasteiger partial charge is 0.0522 e. The van der Waals surface area contributed by atoms with Crippen LogP contribution >= 0.6 is 0 Å². The van der Waals surface area contributed by atoms with Crippen LogP contribution in [-0.2, 0) is 13.5 Å². The Labute approximate surface area is 104 Å². The van der Waals surface area contributed by atoms with Crippen LogP contribution in [0.15, 0.2) is 12.4 Å². The van der Waals surface area contributed by atoms with Gasteiger partial charge in [-0.2, -0.15) is 5.10 Å². The van der Waals surface area contributed by atoms with Gasteiger partial charge in [0.1, 0.15) is 0 Å². The van der Waals surface area contributed by atoms with Gasteiger partial charge in [-0.3, -0.25) is 9.58 Å². The van der Waals surface area contributed by atoms with Gasteiger partial charge in [0.05, 0.1) is 6.20 Å². The Hall–Kier alpha value is -0.870. The first-order valence-electron chi connectivity index (χ1n) is 6.55. The normalized spacial score (nSPS) is 19.1. The lowest BCUT2D eigenvalue weighted by molar-refractivity contribution is 0.133. The summed E-state index contributed by atoms with van der Waals surface area (Å²) < 4.78 is 1.86. The molecule has 1 saturated carbocycles. The van der Waals surface area contributed by atoms with Crippen LogP contribution in [0, 0.1) is 0 Å². The molecule has 0 amide bonds. The first kappa shape index (κ1) is 12.6. The minimum atomic E-state index is 0.266. The maximum Gasteiger partial charge on any atom is 0.0522 e. The third kappa shape index (κ3) is 2.69. The molecule has 96 valence electrons. The number of nitrogens with zero attached hydrogens (tertiary/aromatic N) is 3. The van der Waals surface area contributed by atoms with E-state index in [0.717, 1.165) is 19.5 Å². The van der Waals surface area contributed by atoms with Gasteiger partial charge in [0.15, 0.2) is 0 Å². The highest BCUT2D eigenvalue weighted by atomic mass is 15.2. The highest BCUT2D eigenvalue weighted by Crippen LogP contribution is 2.33. The van der Waals surface area contributed by atoms with Gasteiger partial charge in [-0.05, 0) is 31.9 Å². The van der Waals surface area contributed by atoms with Gasteiger partial charge in [0, 0.05) is 31.9 Å². The second-order valence-corrected chi connectivity index (χ2v) is 5.33. The van der Waals surface area contributed by atoms with Crippen molar-refractivity contribution in [2.45, 2.75) is 37.6 Å². The number of likely N-dealkylation sites (N-methyl/N-ethyl adjacent to an activating group) is 1. The first-order valence-corrected chi connectivity index (χ1v) is 6.55. The molecule has 2 rings (SSSR count). The van der Waals surface area contributed by atoms with Crippen molar-refractivity contribution in [3.8, 4) is 0 Å². The zero-order chi connectivity index (χ0) is 12.3. The molecule has 0 radical (unpaired) electrons. The van der Waals surface area contributed by atoms with Crippen molar-refractivity contribution in [1.29, 1.82) is 0 Å². The van der Waals surface area contributed by atoms with Crippen molar-refractivity contribution in [2.24, 2.45) is 12.8 Å². The summed E-state index contributed by atoms with van der Waals surface area (Å²) in [7, 11) is 4.18. The molecular formula is C13H24N4. The van der Waals surface area contributed by atoms with Crippen LogP contribution in [0.2, 0.25) is 0 Å². The van der Waals surface area contributed by atoms with E-state index in [2.05, 4.69) is 23.2 Å². The van der Waals surface area contributed by atoms with Crippen LogP contribution in [-0.4, -0.2) is 40.4 Å². The molecule has 0 atom stereocenters. The summed E-state index contributed by atoms with van der Waals surface area (Å²) in [5.41, 5.74) is 7.56. The van der Waals surface area contributed by atoms with Crippen LogP contribution in [0.25, 0.3) is 0 Å². The number of aryl methyl sites for hydroxylation is 1. The van der Waals surface area contributed by atoms with Gasteiger partial charge in [0.25, 0.3) is 0 Å². The van der Waals surface area contributed by atoms with E-state index in [1.165, 1.54) is 31.2 Å². The Kier molecular flexibility index (Phi) is 3.84. The Balaban J connectivity index is 1.90. The molecule has 0 unspecified atom stereocenters. The third-order valence-corrected chi connectivity index (χ3v) is 4.22. The molecule has 17 heavy (non-hydrogen) atoms. The van der Waals surface area contributed by atoms with Crippen molar-refractivity contribution in [3.63, 3.8) is 0 Å². The molecule has 1 fully saturated rings. The fourth-order valence-corrected chi connectivity index (χ4v) is 2.91. The number of hydrogen-bond donors (Lipinski definition) is 1. The van der Waals surface area contributed by atoms with Crippen molar-refractivity contribution in [2.75, 3.05) is 20.1 Å². The van der Waals surface area contributed by atoms with Crippen molar-refractivity contribution in [1.82, 2.24) is 14.7 Å². The van der Waals surface area contributed by atoms with Gasteiger partial charge >= 0.3 is 0 Å². The lowest BCUT2D eigenvalue weighted by Gasteiger charge is -2.38. The van der Waals surface area contributed by atoms with Crippen LogP contribution in [0.5, 0.6) is 0 Å². The lowest BCUT2D eigenvalue weighted by Crippen LogP contribution is -2.50. The molecule has 4 heteroatoms. The zero-order valence-electron chi connectivity index (χ0n) is 11.0. The van der Waals surface area contributed by atoms with E-state index in [1.54, 1.807) is 0 Å². The van der Waals surface area contributed by atoms with Gasteiger partial charge in [-0.25, -0.2) is 0 Å². The Morgan fingerprint density at radius 2 is 2.18 bits per heavy atom. The van der Waals surface area contributed by atoms with Crippen LogP contribution in [0.3, 0.4) is 0 Å². The van der Waals surface area contributed by atoms with E-state index >= 15 is 0 Å². The van der Waals surface area contributed by atoms with Crippen molar-refractivity contribution in [3.05, 3.63) is 18.0 Å². The fraction of sp³-hybridized carbons (Fsp3) is 0.769. The summed E-state index contributed by atoms with van der Waals surface area (Å²) in [4.78, 5) is 2.47. The average molecular weight is 236 g/mol. The fourth-order valence-electron chi connectivity index (χ4n) is 2.91. The van der Waals surface area contributed by atoms with Crippen LogP contribution in [0.4, 0.5) is 0 Å². The van der Waals surface area contributed by atoms with Gasteiger partial charge in [-0.15, -0.1) is 0 Å². The largest absolute Gasteiger partial charge is 0.329 e. The molecule has 0 aliphatic heterocycles. The molecule has 1 aromatic heterocycles. The molecule has 1 heterocycles. The molecule has 0 spiro atoms. The molecule has 4 nitrogen and oxygen atoms in total. The average Bonchev–Trinajstić information content (AvgIpc) is 2.95. The van der Waals surface area contributed by atoms with E-state index in [4.69, 9.17) is 5.73 Å². The Bertz CT molecular complexity index is 352. The first-order chi connectivity index (χ1) is 8.16. The molecule has 1 aromatic rings. The maximum absolute atomic E-state index is 5.98. The molecule has 0 aromatic carbocycles. The second-order valence-electron chi connectivity index (χ2n) is 5.33. The summed E-state index contributed by atoms with van der Waals surface area (Å²) >= 11 is 0. The predicted octanol–water partition coefficient (Wildman–Crippen LogP) is 1.17. The van der Waals surface area contributed by atoms with Crippen molar-refractivity contribution >= 4 is 0 Å². The van der Waals surface area contributed by atoms with Gasteiger partial charge in [-0.1, -0.05) is 12.8 Å². The van der Waals surface area contributed by atoms with E-state index in [9.17, 15) is 0 Å². The summed E-state index contributed by atoms with van der Waals surface area (Å²) in [5, 5.41) is 4.20. The molecule has 2 N–H and O–H groups in total. The molecular weight excluding hydrogens is 212 g/mol. The van der Waals surface area contributed by atoms with Crippen molar-refractivity contribution < 1.29 is 0 Å². The van der Waals surface area contributed by atoms with Gasteiger partial charge in [0.2, 0.25) is 0 Å². The summed E-state index contributed by atoms with van der Waals surface area (Å²) in [6.45, 7) is 1.86. The van der Waals surface area contributed by atoms with E-state index in [1.807, 2.05) is 17.9 Å². The minimum absolute atomic E-state index is 0.266. The second kappa shape index (κ2) is 5.19. The summed E-state index contributed by atoms with van der Waals surface area (Å²) in [5.74, 6) is 0. The molecule has 1 aliphatic rings. The van der Waals surface area contributed by atoms with E-state index < -0.39 is 0 Å². The predicted molar refractivity (Wildman–Crippen MR) is 69.8 cm³/mol. The molecule has 1 aliphatic carbocycles. The number of hydrogen-bond acceptors (Lipinski definition) is 3. The van der Waals surface area contributed by atoms with Crippen LogP contribution < -0.4 is 5.73 Å². The SMILES string of the molecule is CN(CCc1cnn(C)c1)C1(CN)CCCC1. The number of aromatic nitrogens is 2. The number of nitrogens with two attached hydrogens (primary N) is 1. The Morgan fingerprint density at radius 3 is 2.71 bits per heavy atom. The quantitative estimate of drug-likeness (QED) is 0.834. The monoisotopic (exact) mass is 236 g/mol. The lowest BCUT2D eigenvalue weighted by atomic mass is 9.95. The maximum atomic E-state index is 5.98. The zero-order valence-corrected chi connectivity index (χ0v) is 11.0. The topological polar surface area (TPSA) is 47.1 Å². The highest BCUT2D eigenvalue weighted by molar-refractivity contribution is 5.05. The standard InChI is InChI=1S/C13H24N4/c1-16(13(11-14)6-3-4-7-13)8-5-12-9-15-17(2)10-12/h9-10H,3-8,11,14H2,1-2H3. The third-order valence-electron chi connectivity index (χ3n) is 4.22. The number of rotatable bonds is 5. The summed E-state index contributed by atoms with van der Waals surface area (Å²) in [6.07, 6.45) is 10.3. The highest BCUT2D eigenvalue weighted by Gasteiger charge is 2.35. The molecule has 0 bridgehead atoms. The summed E-state index contributed by atoms with van der Waals surface area (Å²) in [6, 6.07) is 0. The van der Waals surface area contributed by atoms with Crippen LogP contribution in [0.1, 0.15) is 31.2 Å². The minimum Gasteiger partial charge on any atom is -0.329 e. The van der Waals surface area contributed by atoms with E-state index in [-0.39, 0.29) is 5.54 Å².